The number of fused-ring (bicyclic) bond motifs is 1. The summed E-state index contributed by atoms with van der Waals surface area (Å²) in [6.45, 7) is 9.52. The zero-order valence-electron chi connectivity index (χ0n) is 16.5. The van der Waals surface area contributed by atoms with E-state index in [1.807, 2.05) is 12.1 Å². The minimum Gasteiger partial charge on any atom is -0.362 e. The van der Waals surface area contributed by atoms with Gasteiger partial charge < -0.3 is 4.90 Å². The van der Waals surface area contributed by atoms with Crippen LogP contribution in [0.25, 0.3) is 11.6 Å². The van der Waals surface area contributed by atoms with E-state index in [2.05, 4.69) is 44.6 Å². The standard InChI is InChI=1S/C22H23ClN2O2S/c1-6-8-24-20(26)19(28-21(24)27)11-15-10-16-14(3)13-22(4,5)25(9-7-2)18(16)12-17(15)23/h1,10-13H,7-9H2,2-5H3/b19-11+. The molecule has 0 aliphatic carbocycles. The molecule has 0 spiro atoms. The number of nitrogens with zero attached hydrogens (tertiary/aromatic N) is 2. The molecule has 146 valence electrons. The van der Waals surface area contributed by atoms with Crippen LogP contribution in [-0.4, -0.2) is 34.7 Å². The van der Waals surface area contributed by atoms with Crippen LogP contribution in [0.2, 0.25) is 5.02 Å². The van der Waals surface area contributed by atoms with E-state index >= 15 is 0 Å². The molecule has 0 saturated carbocycles. The highest BCUT2D eigenvalue weighted by molar-refractivity contribution is 8.18. The van der Waals surface area contributed by atoms with E-state index in [0.717, 1.165) is 46.4 Å². The molecule has 2 aliphatic heterocycles. The summed E-state index contributed by atoms with van der Waals surface area (Å²) in [5.41, 5.74) is 3.96. The lowest BCUT2D eigenvalue weighted by Gasteiger charge is -2.43. The number of benzene rings is 1. The van der Waals surface area contributed by atoms with Crippen molar-refractivity contribution >= 4 is 51.8 Å². The third kappa shape index (κ3) is 3.59. The van der Waals surface area contributed by atoms with Crippen molar-refractivity contribution in [3.05, 3.63) is 39.3 Å². The zero-order chi connectivity index (χ0) is 20.6. The average Bonchev–Trinajstić information content (AvgIpc) is 2.87. The fourth-order valence-electron chi connectivity index (χ4n) is 3.73. The van der Waals surface area contributed by atoms with E-state index in [1.54, 1.807) is 6.08 Å². The first-order valence-electron chi connectivity index (χ1n) is 9.19. The smallest absolute Gasteiger partial charge is 0.294 e. The van der Waals surface area contributed by atoms with E-state index in [1.165, 1.54) is 5.57 Å². The molecule has 0 unspecified atom stereocenters. The van der Waals surface area contributed by atoms with Gasteiger partial charge in [0, 0.05) is 22.8 Å². The van der Waals surface area contributed by atoms with Crippen LogP contribution in [0, 0.1) is 12.3 Å². The molecule has 0 radical (unpaired) electrons. The number of hydrogen-bond acceptors (Lipinski definition) is 4. The molecule has 28 heavy (non-hydrogen) atoms. The summed E-state index contributed by atoms with van der Waals surface area (Å²) in [7, 11) is 0. The number of carbonyl (C=O) groups is 2. The Bertz CT molecular complexity index is 956. The number of rotatable bonds is 4. The molecular formula is C22H23ClN2O2S. The monoisotopic (exact) mass is 414 g/mol. The summed E-state index contributed by atoms with van der Waals surface area (Å²) in [4.78, 5) is 28.2. The maximum absolute atomic E-state index is 12.5. The van der Waals surface area contributed by atoms with Gasteiger partial charge in [-0.2, -0.15) is 0 Å². The van der Waals surface area contributed by atoms with Gasteiger partial charge in [-0.05, 0) is 68.3 Å². The van der Waals surface area contributed by atoms with Crippen LogP contribution in [0.5, 0.6) is 0 Å². The minimum absolute atomic E-state index is 0.0250. The molecule has 0 bridgehead atoms. The highest BCUT2D eigenvalue weighted by Gasteiger charge is 2.35. The third-order valence-corrected chi connectivity index (χ3v) is 6.19. The highest BCUT2D eigenvalue weighted by Crippen LogP contribution is 2.42. The molecule has 4 nitrogen and oxygen atoms in total. The summed E-state index contributed by atoms with van der Waals surface area (Å²) in [5, 5.41) is 0.198. The van der Waals surface area contributed by atoms with Gasteiger partial charge in [0.25, 0.3) is 11.1 Å². The van der Waals surface area contributed by atoms with Gasteiger partial charge in [0.2, 0.25) is 0 Å². The first kappa shape index (κ1) is 20.6. The van der Waals surface area contributed by atoms with Crippen molar-refractivity contribution in [2.24, 2.45) is 0 Å². The maximum Gasteiger partial charge on any atom is 0.294 e. The molecule has 2 aliphatic rings. The number of terminal acetylenes is 1. The fraction of sp³-hybridized carbons (Fsp3) is 0.364. The summed E-state index contributed by atoms with van der Waals surface area (Å²) in [6, 6.07) is 3.96. The Labute approximate surface area is 175 Å². The molecule has 0 aromatic heterocycles. The van der Waals surface area contributed by atoms with Gasteiger partial charge in [0.1, 0.15) is 0 Å². The van der Waals surface area contributed by atoms with Crippen LogP contribution in [0.4, 0.5) is 10.5 Å². The van der Waals surface area contributed by atoms with E-state index < -0.39 is 0 Å². The van der Waals surface area contributed by atoms with Gasteiger partial charge in [-0.25, -0.2) is 0 Å². The molecule has 0 N–H and O–H groups in total. The Kier molecular flexibility index (Phi) is 5.65. The second-order valence-corrected chi connectivity index (χ2v) is 8.90. The van der Waals surface area contributed by atoms with Gasteiger partial charge in [0.05, 0.1) is 17.0 Å². The minimum atomic E-state index is -0.372. The number of allylic oxidation sites excluding steroid dienone is 1. The van der Waals surface area contributed by atoms with Crippen LogP contribution in [0.1, 0.15) is 45.2 Å². The topological polar surface area (TPSA) is 40.6 Å². The van der Waals surface area contributed by atoms with Gasteiger partial charge >= 0.3 is 0 Å². The average molecular weight is 415 g/mol. The van der Waals surface area contributed by atoms with Crippen molar-refractivity contribution < 1.29 is 9.59 Å². The predicted octanol–water partition coefficient (Wildman–Crippen LogP) is 5.42. The number of hydrogen-bond donors (Lipinski definition) is 0. The molecule has 1 saturated heterocycles. The molecule has 1 fully saturated rings. The first-order chi connectivity index (χ1) is 13.2. The van der Waals surface area contributed by atoms with Gasteiger partial charge in [-0.1, -0.05) is 30.5 Å². The Morgan fingerprint density at radius 2 is 2.04 bits per heavy atom. The van der Waals surface area contributed by atoms with Crippen molar-refractivity contribution in [1.82, 2.24) is 4.90 Å². The summed E-state index contributed by atoms with van der Waals surface area (Å²) in [6.07, 6.45) is 10.2. The van der Waals surface area contributed by atoms with Crippen LogP contribution >= 0.6 is 23.4 Å². The molecule has 2 heterocycles. The van der Waals surface area contributed by atoms with Crippen LogP contribution < -0.4 is 4.90 Å². The molecule has 6 heteroatoms. The number of amides is 2. The first-order valence-corrected chi connectivity index (χ1v) is 10.4. The Morgan fingerprint density at radius 3 is 2.68 bits per heavy atom. The van der Waals surface area contributed by atoms with E-state index in [9.17, 15) is 9.59 Å². The fourth-order valence-corrected chi connectivity index (χ4v) is 4.77. The maximum atomic E-state index is 12.5. The second-order valence-electron chi connectivity index (χ2n) is 7.50. The lowest BCUT2D eigenvalue weighted by Crippen LogP contribution is -2.45. The lowest BCUT2D eigenvalue weighted by molar-refractivity contribution is -0.122. The van der Waals surface area contributed by atoms with Gasteiger partial charge in [-0.3, -0.25) is 14.5 Å². The van der Waals surface area contributed by atoms with Crippen molar-refractivity contribution in [3.8, 4) is 12.3 Å². The Hall–Kier alpha value is -2.16. The molecule has 1 aromatic rings. The molecule has 1 aromatic carbocycles. The highest BCUT2D eigenvalue weighted by atomic mass is 35.5. The van der Waals surface area contributed by atoms with Crippen LogP contribution in [0.15, 0.2) is 23.1 Å². The van der Waals surface area contributed by atoms with E-state index in [0.29, 0.717) is 9.93 Å². The SMILES string of the molecule is C#CCN1C(=O)S/C(=C/c2cc3c(cc2Cl)N(CCC)C(C)(C)C=C3C)C1=O. The van der Waals surface area contributed by atoms with Crippen molar-refractivity contribution in [1.29, 1.82) is 0 Å². The number of anilines is 1. The largest absolute Gasteiger partial charge is 0.362 e. The quantitative estimate of drug-likeness (QED) is 0.487. The van der Waals surface area contributed by atoms with Crippen molar-refractivity contribution in [3.63, 3.8) is 0 Å². The second kappa shape index (κ2) is 7.69. The summed E-state index contributed by atoms with van der Waals surface area (Å²) >= 11 is 7.48. The molecule has 3 rings (SSSR count). The van der Waals surface area contributed by atoms with Gasteiger partial charge in [-0.15, -0.1) is 6.42 Å². The number of carbonyl (C=O) groups excluding carboxylic acids is 2. The summed E-state index contributed by atoms with van der Waals surface area (Å²) in [5.74, 6) is 1.97. The van der Waals surface area contributed by atoms with Crippen LogP contribution in [0.3, 0.4) is 0 Å². The van der Waals surface area contributed by atoms with Crippen molar-refractivity contribution in [2.45, 2.75) is 39.7 Å². The predicted molar refractivity (Wildman–Crippen MR) is 118 cm³/mol. The Balaban J connectivity index is 2.05. The summed E-state index contributed by atoms with van der Waals surface area (Å²) < 4.78 is 0. The van der Waals surface area contributed by atoms with Gasteiger partial charge in [0.15, 0.2) is 0 Å². The molecule has 2 amide bonds. The Morgan fingerprint density at radius 1 is 1.32 bits per heavy atom. The van der Waals surface area contributed by atoms with E-state index in [-0.39, 0.29) is 23.2 Å². The number of thioether (sulfide) groups is 1. The van der Waals surface area contributed by atoms with Crippen molar-refractivity contribution in [2.75, 3.05) is 18.0 Å². The third-order valence-electron chi connectivity index (χ3n) is 4.95. The van der Waals surface area contributed by atoms with Crippen LogP contribution in [-0.2, 0) is 4.79 Å². The normalized spacial score (nSPS) is 19.7. The number of imide groups is 1. The zero-order valence-corrected chi connectivity index (χ0v) is 18.1. The molecular weight excluding hydrogens is 392 g/mol. The number of halogens is 1. The lowest BCUT2D eigenvalue weighted by atomic mass is 9.87. The van der Waals surface area contributed by atoms with E-state index in [4.69, 9.17) is 18.0 Å². The molecule has 0 atom stereocenters.